The van der Waals surface area contributed by atoms with Gasteiger partial charge in [-0.05, 0) is 43.5 Å². The number of aromatic nitrogens is 4. The Kier molecular flexibility index (Phi) is 3.90. The van der Waals surface area contributed by atoms with Crippen LogP contribution in [0.25, 0.3) is 22.6 Å². The van der Waals surface area contributed by atoms with Crippen LogP contribution in [0.5, 0.6) is 0 Å². The molecule has 3 aromatic rings. The van der Waals surface area contributed by atoms with E-state index in [2.05, 4.69) is 51.5 Å². The predicted octanol–water partition coefficient (Wildman–Crippen LogP) is 3.55. The van der Waals surface area contributed by atoms with Crippen molar-refractivity contribution in [3.05, 3.63) is 29.5 Å². The molecule has 3 rings (SSSR count). The molecule has 2 aromatic heterocycles. The Hall–Kier alpha value is -2.63. The number of H-pyrrole nitrogens is 2. The third kappa shape index (κ3) is 2.84. The van der Waals surface area contributed by atoms with Crippen LogP contribution in [0, 0.1) is 19.8 Å². The fourth-order valence-corrected chi connectivity index (χ4v) is 2.39. The van der Waals surface area contributed by atoms with Gasteiger partial charge in [-0.3, -0.25) is 9.89 Å². The van der Waals surface area contributed by atoms with Crippen LogP contribution in [-0.4, -0.2) is 26.1 Å². The molecule has 6 nitrogen and oxygen atoms in total. The van der Waals surface area contributed by atoms with Crippen LogP contribution in [0.3, 0.4) is 0 Å². The molecular formula is C17H21N5O. The molecule has 0 unspecified atom stereocenters. The lowest BCUT2D eigenvalue weighted by atomic mass is 10.1. The van der Waals surface area contributed by atoms with E-state index in [0.29, 0.717) is 17.2 Å². The van der Waals surface area contributed by atoms with E-state index in [-0.39, 0.29) is 11.8 Å². The van der Waals surface area contributed by atoms with Crippen molar-refractivity contribution in [3.8, 4) is 11.5 Å². The second-order valence-corrected chi connectivity index (χ2v) is 6.00. The summed E-state index contributed by atoms with van der Waals surface area (Å²) in [6.07, 6.45) is 2.40. The van der Waals surface area contributed by atoms with Gasteiger partial charge in [-0.1, -0.05) is 13.8 Å². The molecule has 2 heterocycles. The number of benzene rings is 1. The summed E-state index contributed by atoms with van der Waals surface area (Å²) in [5.74, 6) is 0.610. The standard InChI is InChI=1S/C17H21N5O/c1-5-9(2)17(23)21-14-8-18-22-15(14)16-19-12-6-10(3)11(4)7-13(12)20-16/h6-9H,5H2,1-4H3,(H,18,22)(H,19,20)(H,21,23)/t9-/m0/s1. The zero-order valence-corrected chi connectivity index (χ0v) is 13.8. The summed E-state index contributed by atoms with van der Waals surface area (Å²) in [4.78, 5) is 20.0. The maximum absolute atomic E-state index is 12.1. The van der Waals surface area contributed by atoms with Crippen LogP contribution in [0.2, 0.25) is 0 Å². The van der Waals surface area contributed by atoms with E-state index >= 15 is 0 Å². The van der Waals surface area contributed by atoms with Crippen LogP contribution in [-0.2, 0) is 4.79 Å². The average molecular weight is 311 g/mol. The van der Waals surface area contributed by atoms with Crippen molar-refractivity contribution in [2.24, 2.45) is 5.92 Å². The fraction of sp³-hybridized carbons (Fsp3) is 0.353. The minimum atomic E-state index is -0.0428. The fourth-order valence-electron chi connectivity index (χ4n) is 2.39. The Balaban J connectivity index is 1.97. The van der Waals surface area contributed by atoms with Crippen molar-refractivity contribution in [2.45, 2.75) is 34.1 Å². The van der Waals surface area contributed by atoms with Crippen molar-refractivity contribution in [2.75, 3.05) is 5.32 Å². The highest BCUT2D eigenvalue weighted by molar-refractivity contribution is 5.95. The first-order valence-electron chi connectivity index (χ1n) is 7.81. The highest BCUT2D eigenvalue weighted by atomic mass is 16.1. The summed E-state index contributed by atoms with van der Waals surface area (Å²) in [6, 6.07) is 4.13. The lowest BCUT2D eigenvalue weighted by Crippen LogP contribution is -2.19. The second-order valence-electron chi connectivity index (χ2n) is 6.00. The lowest BCUT2D eigenvalue weighted by molar-refractivity contribution is -0.119. The third-order valence-corrected chi connectivity index (χ3v) is 4.29. The van der Waals surface area contributed by atoms with E-state index in [0.717, 1.165) is 17.5 Å². The van der Waals surface area contributed by atoms with Gasteiger partial charge in [0, 0.05) is 5.92 Å². The molecule has 0 aliphatic carbocycles. The van der Waals surface area contributed by atoms with Crippen molar-refractivity contribution >= 4 is 22.6 Å². The van der Waals surface area contributed by atoms with Gasteiger partial charge in [0.15, 0.2) is 5.82 Å². The summed E-state index contributed by atoms with van der Waals surface area (Å²) >= 11 is 0. The Morgan fingerprint density at radius 3 is 2.78 bits per heavy atom. The van der Waals surface area contributed by atoms with E-state index < -0.39 is 0 Å². The molecule has 0 bridgehead atoms. The average Bonchev–Trinajstić information content (AvgIpc) is 3.13. The molecule has 0 aliphatic rings. The first-order chi connectivity index (χ1) is 11.0. The molecule has 1 amide bonds. The first-order valence-corrected chi connectivity index (χ1v) is 7.81. The molecule has 0 spiro atoms. The molecule has 0 saturated heterocycles. The van der Waals surface area contributed by atoms with Crippen molar-refractivity contribution < 1.29 is 4.79 Å². The highest BCUT2D eigenvalue weighted by Crippen LogP contribution is 2.27. The zero-order valence-electron chi connectivity index (χ0n) is 13.8. The molecule has 0 radical (unpaired) electrons. The van der Waals surface area contributed by atoms with Crippen molar-refractivity contribution in [1.82, 2.24) is 20.2 Å². The number of carbonyl (C=O) groups is 1. The highest BCUT2D eigenvalue weighted by Gasteiger charge is 2.17. The number of carbonyl (C=O) groups excluding carboxylic acids is 1. The van der Waals surface area contributed by atoms with Gasteiger partial charge >= 0.3 is 0 Å². The quantitative estimate of drug-likeness (QED) is 0.688. The topological polar surface area (TPSA) is 86.5 Å². The number of nitrogens with one attached hydrogen (secondary N) is 3. The van der Waals surface area contributed by atoms with Gasteiger partial charge in [0.25, 0.3) is 0 Å². The minimum Gasteiger partial charge on any atom is -0.337 e. The molecule has 1 aromatic carbocycles. The van der Waals surface area contributed by atoms with Crippen molar-refractivity contribution in [3.63, 3.8) is 0 Å². The van der Waals surface area contributed by atoms with Gasteiger partial charge in [0.1, 0.15) is 5.69 Å². The number of imidazole rings is 1. The number of rotatable bonds is 4. The first kappa shape index (κ1) is 15.3. The number of aryl methyl sites for hydroxylation is 2. The number of fused-ring (bicyclic) bond motifs is 1. The second kappa shape index (κ2) is 5.87. The van der Waals surface area contributed by atoms with E-state index in [1.807, 2.05) is 13.8 Å². The summed E-state index contributed by atoms with van der Waals surface area (Å²) in [7, 11) is 0. The van der Waals surface area contributed by atoms with Crippen molar-refractivity contribution in [1.29, 1.82) is 0 Å². The van der Waals surface area contributed by atoms with E-state index in [9.17, 15) is 4.79 Å². The van der Waals surface area contributed by atoms with Crippen LogP contribution in [0.4, 0.5) is 5.69 Å². The summed E-state index contributed by atoms with van der Waals surface area (Å²) in [5.41, 5.74) is 5.61. The molecule has 6 heteroatoms. The van der Waals surface area contributed by atoms with E-state index in [4.69, 9.17) is 0 Å². The molecule has 1 atom stereocenters. The summed E-state index contributed by atoms with van der Waals surface area (Å²) in [6.45, 7) is 8.03. The number of hydrogen-bond acceptors (Lipinski definition) is 3. The van der Waals surface area contributed by atoms with Gasteiger partial charge < -0.3 is 10.3 Å². The molecule has 3 N–H and O–H groups in total. The zero-order chi connectivity index (χ0) is 16.6. The molecule has 0 fully saturated rings. The molecule has 120 valence electrons. The number of hydrogen-bond donors (Lipinski definition) is 3. The maximum Gasteiger partial charge on any atom is 0.227 e. The number of amides is 1. The normalized spacial score (nSPS) is 12.5. The monoisotopic (exact) mass is 311 g/mol. The molecule has 23 heavy (non-hydrogen) atoms. The minimum absolute atomic E-state index is 0.0158. The van der Waals surface area contributed by atoms with Gasteiger partial charge in [-0.15, -0.1) is 0 Å². The number of nitrogens with zero attached hydrogens (tertiary/aromatic N) is 2. The Labute approximate surface area is 134 Å². The van der Waals surface area contributed by atoms with E-state index in [1.54, 1.807) is 6.20 Å². The Morgan fingerprint density at radius 2 is 2.04 bits per heavy atom. The van der Waals surface area contributed by atoms with E-state index in [1.165, 1.54) is 11.1 Å². The summed E-state index contributed by atoms with van der Waals surface area (Å²) < 4.78 is 0. The van der Waals surface area contributed by atoms with Gasteiger partial charge in [0.05, 0.1) is 22.9 Å². The van der Waals surface area contributed by atoms with Crippen LogP contribution < -0.4 is 5.32 Å². The molecule has 0 aliphatic heterocycles. The van der Waals surface area contributed by atoms with Crippen LogP contribution >= 0.6 is 0 Å². The molecular weight excluding hydrogens is 290 g/mol. The van der Waals surface area contributed by atoms with Gasteiger partial charge in [-0.25, -0.2) is 4.98 Å². The van der Waals surface area contributed by atoms with Crippen LogP contribution in [0.15, 0.2) is 18.3 Å². The number of anilines is 1. The summed E-state index contributed by atoms with van der Waals surface area (Å²) in [5, 5.41) is 9.87. The Bertz CT molecular complexity index is 822. The maximum atomic E-state index is 12.1. The Morgan fingerprint density at radius 1 is 1.30 bits per heavy atom. The van der Waals surface area contributed by atoms with Gasteiger partial charge in [-0.2, -0.15) is 5.10 Å². The van der Waals surface area contributed by atoms with Gasteiger partial charge in [0.2, 0.25) is 5.91 Å². The predicted molar refractivity (Wildman–Crippen MR) is 91.2 cm³/mol. The SMILES string of the molecule is CC[C@H](C)C(=O)Nc1cn[nH]c1-c1nc2cc(C)c(C)cc2[nH]1. The lowest BCUT2D eigenvalue weighted by Gasteiger charge is -2.09. The third-order valence-electron chi connectivity index (χ3n) is 4.29. The number of aromatic amines is 2. The van der Waals surface area contributed by atoms with Crippen LogP contribution in [0.1, 0.15) is 31.4 Å². The largest absolute Gasteiger partial charge is 0.337 e. The smallest absolute Gasteiger partial charge is 0.227 e. The molecule has 0 saturated carbocycles.